The molecule has 0 saturated carbocycles. The van der Waals surface area contributed by atoms with Gasteiger partial charge in [-0.1, -0.05) is 30.3 Å². The second-order valence-corrected chi connectivity index (χ2v) is 8.98. The lowest BCUT2D eigenvalue weighted by Crippen LogP contribution is -2.44. The van der Waals surface area contributed by atoms with Gasteiger partial charge in [-0.2, -0.15) is 5.26 Å². The summed E-state index contributed by atoms with van der Waals surface area (Å²) in [6.07, 6.45) is 0. The third-order valence-corrected chi connectivity index (χ3v) is 6.88. The number of ether oxygens (including phenoxy) is 3. The molecule has 0 spiro atoms. The van der Waals surface area contributed by atoms with Crippen molar-refractivity contribution in [2.24, 2.45) is 5.73 Å². The maximum absolute atomic E-state index is 13.3. The van der Waals surface area contributed by atoms with Crippen molar-refractivity contribution in [2.45, 2.75) is 5.92 Å². The van der Waals surface area contributed by atoms with Crippen LogP contribution >= 0.6 is 0 Å². The van der Waals surface area contributed by atoms with E-state index in [1.165, 1.54) is 19.1 Å². The summed E-state index contributed by atoms with van der Waals surface area (Å²) in [7, 11) is 6.09. The van der Waals surface area contributed by atoms with Crippen LogP contribution in [0.5, 0.6) is 5.75 Å². The van der Waals surface area contributed by atoms with E-state index >= 15 is 0 Å². The maximum Gasteiger partial charge on any atom is 0.355 e. The van der Waals surface area contributed by atoms with Gasteiger partial charge in [0.25, 0.3) is 0 Å². The molecule has 4 rings (SSSR count). The first-order chi connectivity index (χ1) is 18.4. The Morgan fingerprint density at radius 3 is 2.21 bits per heavy atom. The van der Waals surface area contributed by atoms with Gasteiger partial charge in [0.2, 0.25) is 0 Å². The standard InChI is InChI=1S/C28H31N5O5/c1-31-12-14-32(15-13-31)21-11-10-19(16-22(21)36-2)33-25(28(35)38-4)24(27(34)37-3)23(20(17-29)26(33)30)18-8-6-5-7-9-18/h5-11,16,23H,12-15,30H2,1-4H3. The Morgan fingerprint density at radius 1 is 0.974 bits per heavy atom. The van der Waals surface area contributed by atoms with Crippen molar-refractivity contribution >= 4 is 23.3 Å². The number of benzene rings is 2. The summed E-state index contributed by atoms with van der Waals surface area (Å²) in [4.78, 5) is 32.3. The monoisotopic (exact) mass is 517 g/mol. The minimum Gasteiger partial charge on any atom is -0.495 e. The van der Waals surface area contributed by atoms with Crippen LogP contribution in [-0.2, 0) is 19.1 Å². The van der Waals surface area contributed by atoms with Crippen LogP contribution in [0.4, 0.5) is 11.4 Å². The Labute approximate surface area is 222 Å². The van der Waals surface area contributed by atoms with E-state index < -0.39 is 17.9 Å². The number of hydrogen-bond donors (Lipinski definition) is 1. The van der Waals surface area contributed by atoms with Gasteiger partial charge in [-0.25, -0.2) is 9.59 Å². The fourth-order valence-corrected chi connectivity index (χ4v) is 4.90. The van der Waals surface area contributed by atoms with Crippen molar-refractivity contribution in [3.8, 4) is 11.8 Å². The smallest absolute Gasteiger partial charge is 0.355 e. The van der Waals surface area contributed by atoms with Gasteiger partial charge in [0.05, 0.1) is 55.8 Å². The van der Waals surface area contributed by atoms with Crippen LogP contribution in [0.15, 0.2) is 71.2 Å². The molecule has 1 atom stereocenters. The maximum atomic E-state index is 13.3. The summed E-state index contributed by atoms with van der Waals surface area (Å²) >= 11 is 0. The first-order valence-corrected chi connectivity index (χ1v) is 12.1. The van der Waals surface area contributed by atoms with Crippen molar-refractivity contribution in [2.75, 3.05) is 64.4 Å². The molecular weight excluding hydrogens is 486 g/mol. The van der Waals surface area contributed by atoms with E-state index in [2.05, 4.69) is 22.9 Å². The zero-order chi connectivity index (χ0) is 27.4. The number of piperazine rings is 1. The number of likely N-dealkylation sites (N-methyl/N-ethyl adjacent to an activating group) is 1. The zero-order valence-corrected chi connectivity index (χ0v) is 21.9. The molecule has 10 heteroatoms. The average molecular weight is 518 g/mol. The van der Waals surface area contributed by atoms with E-state index in [0.717, 1.165) is 31.9 Å². The quantitative estimate of drug-likeness (QED) is 0.572. The summed E-state index contributed by atoms with van der Waals surface area (Å²) in [6.45, 7) is 3.48. The fourth-order valence-electron chi connectivity index (χ4n) is 4.90. The van der Waals surface area contributed by atoms with Gasteiger partial charge in [-0.3, -0.25) is 4.90 Å². The van der Waals surface area contributed by atoms with Crippen LogP contribution in [0.25, 0.3) is 0 Å². The first kappa shape index (κ1) is 26.6. The van der Waals surface area contributed by atoms with Crippen LogP contribution < -0.4 is 20.3 Å². The van der Waals surface area contributed by atoms with E-state index in [0.29, 0.717) is 17.0 Å². The van der Waals surface area contributed by atoms with Gasteiger partial charge >= 0.3 is 11.9 Å². The number of hydrogen-bond acceptors (Lipinski definition) is 10. The number of methoxy groups -OCH3 is 3. The number of rotatable bonds is 6. The molecule has 0 bridgehead atoms. The zero-order valence-electron chi connectivity index (χ0n) is 21.9. The fraction of sp³-hybridized carbons (Fsp3) is 0.321. The molecule has 1 fully saturated rings. The lowest BCUT2D eigenvalue weighted by molar-refractivity contribution is -0.139. The largest absolute Gasteiger partial charge is 0.495 e. The van der Waals surface area contributed by atoms with Gasteiger partial charge in [0.1, 0.15) is 17.3 Å². The molecule has 0 aliphatic carbocycles. The van der Waals surface area contributed by atoms with E-state index in [1.807, 2.05) is 12.1 Å². The topological polar surface area (TPSA) is 121 Å². The van der Waals surface area contributed by atoms with Crippen LogP contribution in [0.3, 0.4) is 0 Å². The van der Waals surface area contributed by atoms with E-state index in [9.17, 15) is 14.9 Å². The number of nitrogens with two attached hydrogens (primary N) is 1. The van der Waals surface area contributed by atoms with Crippen LogP contribution in [0.1, 0.15) is 11.5 Å². The Morgan fingerprint density at radius 2 is 1.63 bits per heavy atom. The minimum atomic E-state index is -0.925. The van der Waals surface area contributed by atoms with Crippen LogP contribution in [0, 0.1) is 11.3 Å². The number of anilines is 2. The summed E-state index contributed by atoms with van der Waals surface area (Å²) in [5.41, 5.74) is 8.46. The number of carbonyl (C=O) groups excluding carboxylic acids is 2. The van der Waals surface area contributed by atoms with Gasteiger partial charge in [-0.15, -0.1) is 0 Å². The van der Waals surface area contributed by atoms with Gasteiger partial charge in [-0.05, 0) is 24.7 Å². The highest BCUT2D eigenvalue weighted by atomic mass is 16.5. The predicted molar refractivity (Wildman–Crippen MR) is 142 cm³/mol. The average Bonchev–Trinajstić information content (AvgIpc) is 2.96. The van der Waals surface area contributed by atoms with Crippen LogP contribution in [0.2, 0.25) is 0 Å². The molecule has 0 radical (unpaired) electrons. The molecule has 2 aromatic rings. The number of allylic oxidation sites excluding steroid dienone is 1. The van der Waals surface area contributed by atoms with Crippen molar-refractivity contribution in [1.29, 1.82) is 5.26 Å². The molecular formula is C28H31N5O5. The van der Waals surface area contributed by atoms with Crippen LogP contribution in [-0.4, -0.2) is 71.4 Å². The highest BCUT2D eigenvalue weighted by molar-refractivity contribution is 6.06. The summed E-state index contributed by atoms with van der Waals surface area (Å²) in [5.74, 6) is -1.93. The highest BCUT2D eigenvalue weighted by Gasteiger charge is 2.43. The summed E-state index contributed by atoms with van der Waals surface area (Å²) in [6, 6.07) is 16.4. The molecule has 10 nitrogen and oxygen atoms in total. The second-order valence-electron chi connectivity index (χ2n) is 8.98. The third kappa shape index (κ3) is 4.76. The Bertz CT molecular complexity index is 1320. The van der Waals surface area contributed by atoms with E-state index in [1.54, 1.807) is 43.5 Å². The molecule has 1 saturated heterocycles. The molecule has 2 heterocycles. The second kappa shape index (κ2) is 11.3. The Kier molecular flexibility index (Phi) is 7.88. The molecule has 2 aliphatic heterocycles. The Balaban J connectivity index is 1.93. The lowest BCUT2D eigenvalue weighted by Gasteiger charge is -2.37. The SMILES string of the molecule is COC(=O)C1=C(C(=O)OC)N(c2ccc(N3CCN(C)CC3)c(OC)c2)C(N)=C(C#N)C1c1ccccc1. The van der Waals surface area contributed by atoms with Gasteiger partial charge in [0.15, 0.2) is 0 Å². The molecule has 198 valence electrons. The molecule has 0 amide bonds. The molecule has 2 aliphatic rings. The molecule has 2 N–H and O–H groups in total. The summed E-state index contributed by atoms with van der Waals surface area (Å²) in [5, 5.41) is 10.2. The van der Waals surface area contributed by atoms with E-state index in [4.69, 9.17) is 19.9 Å². The highest BCUT2D eigenvalue weighted by Crippen LogP contribution is 2.44. The number of carbonyl (C=O) groups is 2. The van der Waals surface area contributed by atoms with Crippen molar-refractivity contribution in [1.82, 2.24) is 4.90 Å². The van der Waals surface area contributed by atoms with E-state index in [-0.39, 0.29) is 22.7 Å². The first-order valence-electron chi connectivity index (χ1n) is 12.1. The predicted octanol–water partition coefficient (Wildman–Crippen LogP) is 2.34. The third-order valence-electron chi connectivity index (χ3n) is 6.88. The minimum absolute atomic E-state index is 0.00352. The Hall–Kier alpha value is -4.49. The number of nitrogens with zero attached hydrogens (tertiary/aromatic N) is 4. The molecule has 38 heavy (non-hydrogen) atoms. The van der Waals surface area contributed by atoms with Gasteiger partial charge < -0.3 is 29.7 Å². The van der Waals surface area contributed by atoms with Crippen molar-refractivity contribution < 1.29 is 23.8 Å². The normalized spacial score (nSPS) is 18.2. The lowest BCUT2D eigenvalue weighted by atomic mass is 9.81. The number of esters is 2. The number of nitriles is 1. The molecule has 2 aromatic carbocycles. The van der Waals surface area contributed by atoms with Crippen molar-refractivity contribution in [3.05, 3.63) is 76.8 Å². The molecule has 1 unspecified atom stereocenters. The van der Waals surface area contributed by atoms with Gasteiger partial charge in [0, 0.05) is 32.2 Å². The summed E-state index contributed by atoms with van der Waals surface area (Å²) < 4.78 is 15.9. The molecule has 0 aromatic heterocycles. The van der Waals surface area contributed by atoms with Crippen molar-refractivity contribution in [3.63, 3.8) is 0 Å².